The van der Waals surface area contributed by atoms with Crippen LogP contribution in [0.1, 0.15) is 24.5 Å². The van der Waals surface area contributed by atoms with Crippen LogP contribution in [0, 0.1) is 0 Å². The van der Waals surface area contributed by atoms with E-state index in [1.165, 1.54) is 108 Å². The van der Waals surface area contributed by atoms with E-state index >= 15 is 0 Å². The SMILES string of the molecule is C/C=C\c1oc2cccc3c2c1-c1cccc2c1c1c-3cccc1n2-c1cccc(N(c2ccccc2)c2ccc3c(c2)oc2ccccc23)c1.C/C=C\c1sc2cccc3c2c1-c1cccc2c1c1c-3cccc1n2-c1cccc(N(c2ccccc2)c2ccc3ccccc3c2)c1. The molecule has 99 heavy (non-hydrogen) atoms. The van der Waals surface area contributed by atoms with Gasteiger partial charge in [0.2, 0.25) is 0 Å². The highest BCUT2D eigenvalue weighted by Gasteiger charge is 2.31. The van der Waals surface area contributed by atoms with Gasteiger partial charge in [-0.15, -0.1) is 11.3 Å². The average molecular weight is 1290 g/mol. The second kappa shape index (κ2) is 22.5. The Morgan fingerprint density at radius 3 is 1.38 bits per heavy atom. The molecule has 0 aliphatic heterocycles. The standard InChI is InChI=1S/C47H30N2O2.C45H30N2S/c1-2-12-41-47-37-20-10-22-39-45(37)44-35(36-19-11-24-42(51-41)46(36)47)18-9-21-38(44)49(39)31-16-8-15-30(27-31)48(29-13-4-3-5-14-29)32-25-26-34-33-17-6-7-23-40(33)50-43(34)28-32;1-2-12-40-45-37-21-10-23-39-43(37)42-35(36-20-11-24-41(48-40)44(36)45)19-9-22-38(42)47(39)33-18-8-17-32(28-33)46(31-15-4-3-5-16-31)34-26-25-29-13-6-7-14-30(29)27-34/h2-28H,1H3;2-28H,1H3/b2*12-2-. The van der Waals surface area contributed by atoms with Gasteiger partial charge in [-0.1, -0.05) is 182 Å². The van der Waals surface area contributed by atoms with E-state index in [4.69, 9.17) is 8.83 Å². The minimum atomic E-state index is 0.869. The number of rotatable bonds is 10. The summed E-state index contributed by atoms with van der Waals surface area (Å²) in [5.41, 5.74) is 26.3. The maximum atomic E-state index is 6.50. The first-order valence-electron chi connectivity index (χ1n) is 33.9. The smallest absolute Gasteiger partial charge is 0.137 e. The molecule has 0 bridgehead atoms. The second-order valence-electron chi connectivity index (χ2n) is 25.7. The first-order chi connectivity index (χ1) is 49.0. The average Bonchev–Trinajstić information content (AvgIpc) is 1.54. The van der Waals surface area contributed by atoms with Crippen LogP contribution in [0.4, 0.5) is 34.1 Å². The van der Waals surface area contributed by atoms with Gasteiger partial charge in [0.25, 0.3) is 0 Å². The molecule has 6 nitrogen and oxygen atoms in total. The Morgan fingerprint density at radius 1 is 0.303 bits per heavy atom. The lowest BCUT2D eigenvalue weighted by molar-refractivity contribution is 0.605. The molecule has 7 heteroatoms. The maximum absolute atomic E-state index is 6.50. The van der Waals surface area contributed by atoms with Crippen LogP contribution >= 0.6 is 11.3 Å². The molecule has 2 aliphatic rings. The fraction of sp³-hybridized carbons (Fsp3) is 0.0217. The van der Waals surface area contributed by atoms with Gasteiger partial charge in [-0.05, 0) is 198 Å². The summed E-state index contributed by atoms with van der Waals surface area (Å²) in [5.74, 6) is 0.892. The Bertz CT molecular complexity index is 6590. The third-order valence-electron chi connectivity index (χ3n) is 20.2. The minimum absolute atomic E-state index is 0.869. The van der Waals surface area contributed by atoms with Crippen molar-refractivity contribution in [1.82, 2.24) is 9.13 Å². The fourth-order valence-electron chi connectivity index (χ4n) is 16.3. The molecule has 19 aromatic rings. The molecule has 0 radical (unpaired) electrons. The van der Waals surface area contributed by atoms with E-state index in [0.717, 1.165) is 89.9 Å². The lowest BCUT2D eigenvalue weighted by atomic mass is 9.97. The van der Waals surface area contributed by atoms with E-state index in [1.54, 1.807) is 0 Å². The summed E-state index contributed by atoms with van der Waals surface area (Å²) in [7, 11) is 0. The molecule has 5 aromatic heterocycles. The summed E-state index contributed by atoms with van der Waals surface area (Å²) in [6.45, 7) is 4.16. The number of hydrogen-bond acceptors (Lipinski definition) is 5. The molecule has 0 spiro atoms. The summed E-state index contributed by atoms with van der Waals surface area (Å²) in [6.07, 6.45) is 8.59. The lowest BCUT2D eigenvalue weighted by Gasteiger charge is -2.26. The second-order valence-corrected chi connectivity index (χ2v) is 26.8. The quantitative estimate of drug-likeness (QED) is 0.137. The van der Waals surface area contributed by atoms with E-state index in [9.17, 15) is 0 Å². The van der Waals surface area contributed by atoms with Crippen molar-refractivity contribution >= 4 is 155 Å². The Morgan fingerprint density at radius 2 is 0.758 bits per heavy atom. The van der Waals surface area contributed by atoms with Crippen molar-refractivity contribution in [2.24, 2.45) is 0 Å². The van der Waals surface area contributed by atoms with Crippen molar-refractivity contribution in [2.45, 2.75) is 13.8 Å². The van der Waals surface area contributed by atoms with E-state index in [1.807, 2.05) is 30.4 Å². The molecule has 21 rings (SSSR count). The first-order valence-corrected chi connectivity index (χ1v) is 34.7. The highest BCUT2D eigenvalue weighted by molar-refractivity contribution is 7.20. The number of thiophene rings is 1. The van der Waals surface area contributed by atoms with Gasteiger partial charge in [-0.3, -0.25) is 0 Å². The first kappa shape index (κ1) is 56.6. The van der Waals surface area contributed by atoms with Crippen LogP contribution in [0.2, 0.25) is 0 Å². The molecule has 0 unspecified atom stereocenters. The number of nitrogens with zero attached hydrogens (tertiary/aromatic N) is 4. The van der Waals surface area contributed by atoms with Crippen molar-refractivity contribution in [3.8, 4) is 55.9 Å². The van der Waals surface area contributed by atoms with Crippen LogP contribution < -0.4 is 9.80 Å². The van der Waals surface area contributed by atoms with E-state index in [0.29, 0.717) is 0 Å². The Hall–Kier alpha value is -12.7. The van der Waals surface area contributed by atoms with Crippen molar-refractivity contribution in [3.63, 3.8) is 0 Å². The molecule has 14 aromatic carbocycles. The van der Waals surface area contributed by atoms with E-state index < -0.39 is 0 Å². The van der Waals surface area contributed by atoms with Crippen molar-refractivity contribution in [3.05, 3.63) is 326 Å². The number of benzene rings is 14. The largest absolute Gasteiger partial charge is 0.456 e. The van der Waals surface area contributed by atoms with Crippen LogP contribution in [-0.2, 0) is 0 Å². The van der Waals surface area contributed by atoms with Crippen LogP contribution in [0.3, 0.4) is 0 Å². The summed E-state index contributed by atoms with van der Waals surface area (Å²) in [6, 6.07) is 110. The van der Waals surface area contributed by atoms with E-state index in [2.05, 4.69) is 341 Å². The van der Waals surface area contributed by atoms with Gasteiger partial charge >= 0.3 is 0 Å². The van der Waals surface area contributed by atoms with Crippen LogP contribution in [0.25, 0.3) is 165 Å². The molecule has 5 heterocycles. The van der Waals surface area contributed by atoms with Crippen molar-refractivity contribution < 1.29 is 8.83 Å². The highest BCUT2D eigenvalue weighted by Crippen LogP contribution is 2.55. The number of hydrogen-bond donors (Lipinski definition) is 0. The summed E-state index contributed by atoms with van der Waals surface area (Å²) >= 11 is 1.89. The number of para-hydroxylation sites is 3. The molecule has 0 fully saturated rings. The Kier molecular flexibility index (Phi) is 12.9. The maximum Gasteiger partial charge on any atom is 0.137 e. The van der Waals surface area contributed by atoms with E-state index in [-0.39, 0.29) is 0 Å². The fourth-order valence-corrected chi connectivity index (χ4v) is 17.5. The van der Waals surface area contributed by atoms with Gasteiger partial charge in [-0.25, -0.2) is 0 Å². The van der Waals surface area contributed by atoms with Gasteiger partial charge in [-0.2, -0.15) is 0 Å². The van der Waals surface area contributed by atoms with Crippen LogP contribution in [-0.4, -0.2) is 9.13 Å². The topological polar surface area (TPSA) is 42.6 Å². The molecular formula is C92H60N4O2S. The minimum Gasteiger partial charge on any atom is -0.456 e. The molecule has 0 N–H and O–H groups in total. The molecule has 466 valence electrons. The van der Waals surface area contributed by atoms with Gasteiger partial charge in [0, 0.05) is 115 Å². The monoisotopic (exact) mass is 1280 g/mol. The number of anilines is 6. The normalized spacial score (nSPS) is 12.3. The molecule has 0 atom stereocenters. The van der Waals surface area contributed by atoms with Gasteiger partial charge in [0.15, 0.2) is 0 Å². The molecule has 0 saturated heterocycles. The predicted molar refractivity (Wildman–Crippen MR) is 419 cm³/mol. The molecular weight excluding hydrogens is 1230 g/mol. The third kappa shape index (κ3) is 8.67. The Labute approximate surface area is 574 Å². The van der Waals surface area contributed by atoms with Crippen molar-refractivity contribution in [2.75, 3.05) is 9.80 Å². The Balaban J connectivity index is 0.000000134. The zero-order valence-corrected chi connectivity index (χ0v) is 55.0. The van der Waals surface area contributed by atoms with Crippen LogP contribution in [0.5, 0.6) is 0 Å². The lowest BCUT2D eigenvalue weighted by Crippen LogP contribution is -2.10. The predicted octanol–water partition coefficient (Wildman–Crippen LogP) is 26.9. The van der Waals surface area contributed by atoms with Gasteiger partial charge in [0.05, 0.1) is 22.1 Å². The summed E-state index contributed by atoms with van der Waals surface area (Å²) in [5, 5.41) is 12.4. The van der Waals surface area contributed by atoms with Crippen LogP contribution in [0.15, 0.2) is 324 Å². The highest BCUT2D eigenvalue weighted by atomic mass is 32.1. The summed E-state index contributed by atoms with van der Waals surface area (Å²) in [4.78, 5) is 5.99. The number of furan rings is 2. The molecule has 2 aliphatic carbocycles. The third-order valence-corrected chi connectivity index (χ3v) is 21.3. The number of fused-ring (bicyclic) bond motifs is 8. The van der Waals surface area contributed by atoms with Crippen molar-refractivity contribution in [1.29, 1.82) is 0 Å². The summed E-state index contributed by atoms with van der Waals surface area (Å²) < 4.78 is 19.1. The zero-order valence-electron chi connectivity index (χ0n) is 54.2. The number of allylic oxidation sites excluding steroid dienone is 2. The zero-order chi connectivity index (χ0) is 65.4. The molecule has 0 saturated carbocycles. The molecule has 0 amide bonds. The van der Waals surface area contributed by atoms with Gasteiger partial charge in [0.1, 0.15) is 22.5 Å². The number of aromatic nitrogens is 2. The van der Waals surface area contributed by atoms with Gasteiger partial charge < -0.3 is 27.8 Å².